The number of benzene rings is 1. The highest BCUT2D eigenvalue weighted by molar-refractivity contribution is 5.89. The first-order valence-corrected chi connectivity index (χ1v) is 10.3. The molecule has 2 rings (SSSR count). The van der Waals surface area contributed by atoms with Gasteiger partial charge in [0.2, 0.25) is 6.29 Å². The summed E-state index contributed by atoms with van der Waals surface area (Å²) in [5.74, 6) is -0.974. The Morgan fingerprint density at radius 1 is 1.07 bits per heavy atom. The molecule has 1 aromatic carbocycles. The Balaban J connectivity index is 1.65. The molecule has 1 aliphatic heterocycles. The van der Waals surface area contributed by atoms with Crippen LogP contribution in [-0.2, 0) is 30.5 Å². The third-order valence-corrected chi connectivity index (χ3v) is 4.64. The van der Waals surface area contributed by atoms with E-state index in [1.807, 2.05) is 12.1 Å². The van der Waals surface area contributed by atoms with Crippen molar-refractivity contribution in [3.8, 4) is 5.75 Å². The molecule has 1 heterocycles. The zero-order valence-corrected chi connectivity index (χ0v) is 17.1. The van der Waals surface area contributed by atoms with E-state index in [9.17, 15) is 9.59 Å². The smallest absolute Gasteiger partial charge is 0.385 e. The lowest BCUT2D eigenvalue weighted by molar-refractivity contribution is -0.251. The Labute approximate surface area is 172 Å². The third-order valence-electron chi connectivity index (χ3n) is 4.64. The van der Waals surface area contributed by atoms with Crippen molar-refractivity contribution in [2.45, 2.75) is 71.0 Å². The monoisotopic (exact) mass is 402 g/mol. The van der Waals surface area contributed by atoms with Crippen LogP contribution in [0, 0.1) is 0 Å². The molecule has 1 aliphatic rings. The van der Waals surface area contributed by atoms with Gasteiger partial charge in [-0.15, -0.1) is 0 Å². The Kier molecular flexibility index (Phi) is 9.83. The molecule has 6 nitrogen and oxygen atoms in total. The minimum Gasteiger partial charge on any atom is -0.462 e. The summed E-state index contributed by atoms with van der Waals surface area (Å²) in [4.78, 5) is 31.3. The van der Waals surface area contributed by atoms with E-state index >= 15 is 0 Å². The summed E-state index contributed by atoms with van der Waals surface area (Å²) in [5, 5.41) is 0. The minimum atomic E-state index is -0.845. The van der Waals surface area contributed by atoms with Gasteiger partial charge >= 0.3 is 11.9 Å². The Bertz CT molecular complexity index is 692. The molecule has 0 N–H and O–H groups in total. The maximum atomic E-state index is 11.8. The number of carbonyl (C=O) groups excluding carboxylic acids is 2. The number of ether oxygens (including phenoxy) is 2. The number of hydrogen-bond donors (Lipinski definition) is 0. The maximum absolute atomic E-state index is 11.8. The fourth-order valence-electron chi connectivity index (χ4n) is 2.97. The number of rotatable bonds is 12. The molecule has 1 aromatic rings. The molecule has 0 aromatic heterocycles. The van der Waals surface area contributed by atoms with E-state index in [4.69, 9.17) is 9.47 Å². The van der Waals surface area contributed by atoms with Crippen molar-refractivity contribution in [2.75, 3.05) is 0 Å². The van der Waals surface area contributed by atoms with Crippen LogP contribution in [0.15, 0.2) is 48.8 Å². The predicted octanol–water partition coefficient (Wildman–Crippen LogP) is 5.18. The summed E-state index contributed by atoms with van der Waals surface area (Å²) in [6, 6.07) is 7.92. The Hall–Kier alpha value is -2.76. The highest BCUT2D eigenvalue weighted by Crippen LogP contribution is 2.24. The first-order valence-electron chi connectivity index (χ1n) is 10.3. The van der Waals surface area contributed by atoms with Crippen LogP contribution in [-0.4, -0.2) is 18.2 Å². The van der Waals surface area contributed by atoms with Crippen molar-refractivity contribution in [2.24, 2.45) is 0 Å². The lowest BCUT2D eigenvalue weighted by Gasteiger charge is -2.13. The standard InChI is InChI=1S/C23H30O6/c1-3-5-6-7-8-9-10-11-18-12-14-20(15-13-18)27-22-16-19(17-26-22)23(25)29-28-21(24)4-2/h4,12-15,17,22H,2-3,5-11,16H2,1H3. The summed E-state index contributed by atoms with van der Waals surface area (Å²) in [6.45, 7) is 5.45. The van der Waals surface area contributed by atoms with Crippen LogP contribution in [0.2, 0.25) is 0 Å². The quantitative estimate of drug-likeness (QED) is 0.208. The first kappa shape index (κ1) is 22.5. The largest absolute Gasteiger partial charge is 0.462 e. The van der Waals surface area contributed by atoms with Gasteiger partial charge in [0.05, 0.1) is 18.3 Å². The van der Waals surface area contributed by atoms with Crippen molar-refractivity contribution < 1.29 is 28.8 Å². The lowest BCUT2D eigenvalue weighted by atomic mass is 10.0. The molecule has 0 radical (unpaired) electrons. The summed E-state index contributed by atoms with van der Waals surface area (Å²) in [5.41, 5.74) is 1.51. The van der Waals surface area contributed by atoms with E-state index in [-0.39, 0.29) is 12.0 Å². The Morgan fingerprint density at radius 3 is 2.45 bits per heavy atom. The fraction of sp³-hybridized carbons (Fsp3) is 0.478. The highest BCUT2D eigenvalue weighted by atomic mass is 17.2. The summed E-state index contributed by atoms with van der Waals surface area (Å²) in [6.07, 6.45) is 11.9. The van der Waals surface area contributed by atoms with E-state index in [0.717, 1.165) is 12.5 Å². The number of hydrogen-bond acceptors (Lipinski definition) is 6. The number of unbranched alkanes of at least 4 members (excludes halogenated alkanes) is 6. The van der Waals surface area contributed by atoms with Gasteiger partial charge in [0.15, 0.2) is 0 Å². The normalized spacial score (nSPS) is 15.2. The summed E-state index contributed by atoms with van der Waals surface area (Å²) in [7, 11) is 0. The van der Waals surface area contributed by atoms with Gasteiger partial charge in [-0.1, -0.05) is 64.2 Å². The molecule has 1 atom stereocenters. The second-order valence-electron chi connectivity index (χ2n) is 7.02. The van der Waals surface area contributed by atoms with Crippen molar-refractivity contribution in [3.63, 3.8) is 0 Å². The third kappa shape index (κ3) is 8.42. The van der Waals surface area contributed by atoms with Crippen molar-refractivity contribution in [3.05, 3.63) is 54.3 Å². The van der Waals surface area contributed by atoms with Gasteiger partial charge < -0.3 is 9.47 Å². The summed E-state index contributed by atoms with van der Waals surface area (Å²) >= 11 is 0. The first-order chi connectivity index (χ1) is 14.1. The van der Waals surface area contributed by atoms with E-state index in [1.165, 1.54) is 56.8 Å². The van der Waals surface area contributed by atoms with Gasteiger partial charge in [0.1, 0.15) is 5.75 Å². The topological polar surface area (TPSA) is 71.1 Å². The maximum Gasteiger partial charge on any atom is 0.385 e. The van der Waals surface area contributed by atoms with E-state index in [2.05, 4.69) is 35.4 Å². The molecule has 1 unspecified atom stereocenters. The van der Waals surface area contributed by atoms with Crippen LogP contribution >= 0.6 is 0 Å². The van der Waals surface area contributed by atoms with Crippen LogP contribution in [0.4, 0.5) is 0 Å². The molecule has 0 amide bonds. The molecular formula is C23H30O6. The average molecular weight is 402 g/mol. The second kappa shape index (κ2) is 12.6. The van der Waals surface area contributed by atoms with Gasteiger partial charge in [-0.05, 0) is 30.5 Å². The second-order valence-corrected chi connectivity index (χ2v) is 7.02. The van der Waals surface area contributed by atoms with Gasteiger partial charge in [0, 0.05) is 6.08 Å². The van der Waals surface area contributed by atoms with Crippen molar-refractivity contribution in [1.82, 2.24) is 0 Å². The molecule has 0 saturated carbocycles. The lowest BCUT2D eigenvalue weighted by Crippen LogP contribution is -2.17. The molecule has 0 aliphatic carbocycles. The number of carbonyl (C=O) groups is 2. The summed E-state index contributed by atoms with van der Waals surface area (Å²) < 4.78 is 11.1. The van der Waals surface area contributed by atoms with Crippen LogP contribution in [0.25, 0.3) is 0 Å². The Morgan fingerprint density at radius 2 is 1.76 bits per heavy atom. The van der Waals surface area contributed by atoms with E-state index in [1.54, 1.807) is 0 Å². The van der Waals surface area contributed by atoms with Gasteiger partial charge in [-0.25, -0.2) is 19.4 Å². The van der Waals surface area contributed by atoms with Crippen molar-refractivity contribution in [1.29, 1.82) is 0 Å². The van der Waals surface area contributed by atoms with Gasteiger partial charge in [-0.3, -0.25) is 0 Å². The van der Waals surface area contributed by atoms with Crippen LogP contribution < -0.4 is 4.74 Å². The van der Waals surface area contributed by atoms with Crippen LogP contribution in [0.5, 0.6) is 5.75 Å². The highest BCUT2D eigenvalue weighted by Gasteiger charge is 2.27. The molecule has 0 spiro atoms. The van der Waals surface area contributed by atoms with Gasteiger partial charge in [-0.2, -0.15) is 0 Å². The van der Waals surface area contributed by atoms with E-state index < -0.39 is 18.2 Å². The molecule has 158 valence electrons. The molecular weight excluding hydrogens is 372 g/mol. The molecule has 29 heavy (non-hydrogen) atoms. The molecule has 0 bridgehead atoms. The van der Waals surface area contributed by atoms with Crippen LogP contribution in [0.1, 0.15) is 63.9 Å². The van der Waals surface area contributed by atoms with Crippen LogP contribution in [0.3, 0.4) is 0 Å². The molecule has 0 saturated heterocycles. The fourth-order valence-corrected chi connectivity index (χ4v) is 2.97. The van der Waals surface area contributed by atoms with Crippen molar-refractivity contribution >= 4 is 11.9 Å². The predicted molar refractivity (Wildman–Crippen MR) is 109 cm³/mol. The zero-order valence-electron chi connectivity index (χ0n) is 17.1. The minimum absolute atomic E-state index is 0.199. The average Bonchev–Trinajstić information content (AvgIpc) is 3.21. The van der Waals surface area contributed by atoms with E-state index in [0.29, 0.717) is 5.75 Å². The zero-order chi connectivity index (χ0) is 20.9. The number of aryl methyl sites for hydroxylation is 1. The SMILES string of the molecule is C=CC(=O)OOC(=O)C1=COC(Oc2ccc(CCCCCCCCC)cc2)C1. The molecule has 0 fully saturated rings. The molecule has 6 heteroatoms. The van der Waals surface area contributed by atoms with Gasteiger partial charge in [0.25, 0.3) is 0 Å².